The third-order valence-corrected chi connectivity index (χ3v) is 6.93. The van der Waals surface area contributed by atoms with E-state index in [1.54, 1.807) is 0 Å². The van der Waals surface area contributed by atoms with E-state index < -0.39 is 0 Å². The molecule has 0 aromatic heterocycles. The van der Waals surface area contributed by atoms with Crippen LogP contribution < -0.4 is 28.4 Å². The van der Waals surface area contributed by atoms with Gasteiger partial charge in [-0.3, -0.25) is 0 Å². The maximum absolute atomic E-state index is 6.17. The monoisotopic (exact) mass is 630 g/mol. The average Bonchev–Trinajstić information content (AvgIpc) is 3.10. The van der Waals surface area contributed by atoms with Crippen molar-refractivity contribution < 1.29 is 28.4 Å². The minimum Gasteiger partial charge on any atom is -0.457 e. The van der Waals surface area contributed by atoms with Crippen LogP contribution in [0.3, 0.4) is 0 Å². The third kappa shape index (κ3) is 8.33. The van der Waals surface area contributed by atoms with Crippen LogP contribution in [-0.4, -0.2) is 0 Å². The Balaban J connectivity index is 0.981. The molecule has 6 nitrogen and oxygen atoms in total. The predicted octanol–water partition coefficient (Wildman–Crippen LogP) is 12.4. The second-order valence-corrected chi connectivity index (χ2v) is 10.6. The van der Waals surface area contributed by atoms with Crippen LogP contribution in [0.5, 0.6) is 69.0 Å². The Bertz CT molecular complexity index is 1950. The molecule has 0 bridgehead atoms. The fraction of sp³-hybridized carbons (Fsp3) is 0. The summed E-state index contributed by atoms with van der Waals surface area (Å²) in [4.78, 5) is 0. The summed E-state index contributed by atoms with van der Waals surface area (Å²) in [5.41, 5.74) is 0. The number of para-hydroxylation sites is 2. The summed E-state index contributed by atoms with van der Waals surface area (Å²) in [6, 6.07) is 56.6. The fourth-order valence-corrected chi connectivity index (χ4v) is 4.80. The Morgan fingerprint density at radius 2 is 0.333 bits per heavy atom. The molecule has 0 aliphatic heterocycles. The van der Waals surface area contributed by atoms with E-state index in [0.29, 0.717) is 57.5 Å². The molecule has 7 aromatic carbocycles. The Labute approximate surface area is 278 Å². The van der Waals surface area contributed by atoms with Crippen molar-refractivity contribution in [3.8, 4) is 69.0 Å². The molecular weight excluding hydrogens is 600 g/mol. The van der Waals surface area contributed by atoms with E-state index in [0.717, 1.165) is 11.5 Å². The third-order valence-electron chi connectivity index (χ3n) is 6.93. The Kier molecular flexibility index (Phi) is 9.15. The molecule has 0 spiro atoms. The lowest BCUT2D eigenvalue weighted by atomic mass is 10.3. The molecule has 0 aliphatic carbocycles. The SMILES string of the molecule is c1ccc(Oc2cccc(Oc3cccc(Oc4cccc(Oc5cccc(Oc6cccc(Oc7ccccc7)c6)c5)c4)c3)c2)cc1. The predicted molar refractivity (Wildman–Crippen MR) is 186 cm³/mol. The molecule has 0 atom stereocenters. The van der Waals surface area contributed by atoms with Gasteiger partial charge in [-0.2, -0.15) is 0 Å². The molecule has 0 heterocycles. The lowest BCUT2D eigenvalue weighted by Crippen LogP contribution is -1.90. The van der Waals surface area contributed by atoms with E-state index in [1.807, 2.05) is 182 Å². The number of benzene rings is 7. The van der Waals surface area contributed by atoms with Gasteiger partial charge in [0.25, 0.3) is 0 Å². The van der Waals surface area contributed by atoms with Gasteiger partial charge in [-0.25, -0.2) is 0 Å². The van der Waals surface area contributed by atoms with Gasteiger partial charge in [0.2, 0.25) is 0 Å². The molecular formula is C42H30O6. The fourth-order valence-electron chi connectivity index (χ4n) is 4.80. The Hall–Kier alpha value is -6.66. The highest BCUT2D eigenvalue weighted by Gasteiger charge is 2.07. The van der Waals surface area contributed by atoms with E-state index >= 15 is 0 Å². The van der Waals surface area contributed by atoms with Crippen LogP contribution in [0, 0.1) is 0 Å². The molecule has 6 heteroatoms. The smallest absolute Gasteiger partial charge is 0.131 e. The zero-order valence-electron chi connectivity index (χ0n) is 25.8. The molecule has 0 fully saturated rings. The lowest BCUT2D eigenvalue weighted by molar-refractivity contribution is 0.444. The molecule has 0 saturated carbocycles. The van der Waals surface area contributed by atoms with Crippen molar-refractivity contribution in [2.75, 3.05) is 0 Å². The van der Waals surface area contributed by atoms with Crippen molar-refractivity contribution >= 4 is 0 Å². The quantitative estimate of drug-likeness (QED) is 0.134. The van der Waals surface area contributed by atoms with Crippen LogP contribution >= 0.6 is 0 Å². The molecule has 0 amide bonds. The largest absolute Gasteiger partial charge is 0.457 e. The van der Waals surface area contributed by atoms with Crippen molar-refractivity contribution in [1.29, 1.82) is 0 Å². The highest BCUT2D eigenvalue weighted by Crippen LogP contribution is 2.34. The van der Waals surface area contributed by atoms with Gasteiger partial charge >= 0.3 is 0 Å². The second-order valence-electron chi connectivity index (χ2n) is 10.6. The zero-order chi connectivity index (χ0) is 32.4. The first kappa shape index (κ1) is 30.0. The summed E-state index contributed by atoms with van der Waals surface area (Å²) >= 11 is 0. The summed E-state index contributed by atoms with van der Waals surface area (Å²) in [6.07, 6.45) is 0. The maximum atomic E-state index is 6.17. The topological polar surface area (TPSA) is 55.4 Å². The van der Waals surface area contributed by atoms with Crippen molar-refractivity contribution in [2.45, 2.75) is 0 Å². The van der Waals surface area contributed by atoms with Gasteiger partial charge in [-0.15, -0.1) is 0 Å². The molecule has 234 valence electrons. The highest BCUT2D eigenvalue weighted by atomic mass is 16.5. The summed E-state index contributed by atoms with van der Waals surface area (Å²) < 4.78 is 36.5. The number of ether oxygens (including phenoxy) is 6. The first-order chi connectivity index (χ1) is 23.7. The van der Waals surface area contributed by atoms with Gasteiger partial charge in [-0.1, -0.05) is 66.7 Å². The summed E-state index contributed by atoms with van der Waals surface area (Å²) in [5.74, 6) is 7.91. The Morgan fingerprint density at radius 1 is 0.167 bits per heavy atom. The van der Waals surface area contributed by atoms with Crippen molar-refractivity contribution in [3.05, 3.63) is 182 Å². The normalized spacial score (nSPS) is 10.5. The second kappa shape index (κ2) is 14.6. The van der Waals surface area contributed by atoms with E-state index in [4.69, 9.17) is 28.4 Å². The number of rotatable bonds is 12. The van der Waals surface area contributed by atoms with Gasteiger partial charge in [0.15, 0.2) is 0 Å². The number of hydrogen-bond acceptors (Lipinski definition) is 6. The van der Waals surface area contributed by atoms with Crippen LogP contribution in [-0.2, 0) is 0 Å². The summed E-state index contributed by atoms with van der Waals surface area (Å²) in [5, 5.41) is 0. The van der Waals surface area contributed by atoms with Crippen LogP contribution in [0.1, 0.15) is 0 Å². The van der Waals surface area contributed by atoms with Crippen molar-refractivity contribution in [1.82, 2.24) is 0 Å². The van der Waals surface area contributed by atoms with Gasteiger partial charge in [-0.05, 0) is 84.9 Å². The van der Waals surface area contributed by atoms with Gasteiger partial charge < -0.3 is 28.4 Å². The van der Waals surface area contributed by atoms with E-state index in [2.05, 4.69) is 0 Å². The first-order valence-corrected chi connectivity index (χ1v) is 15.4. The minimum absolute atomic E-state index is 0.616. The minimum atomic E-state index is 0.616. The van der Waals surface area contributed by atoms with E-state index in [1.165, 1.54) is 0 Å². The maximum Gasteiger partial charge on any atom is 0.131 e. The van der Waals surface area contributed by atoms with Crippen molar-refractivity contribution in [2.24, 2.45) is 0 Å². The van der Waals surface area contributed by atoms with Crippen molar-refractivity contribution in [3.63, 3.8) is 0 Å². The average molecular weight is 631 g/mol. The molecule has 0 aliphatic rings. The van der Waals surface area contributed by atoms with Gasteiger partial charge in [0.1, 0.15) is 69.0 Å². The molecule has 0 unspecified atom stereocenters. The number of hydrogen-bond donors (Lipinski definition) is 0. The standard InChI is InChI=1S/C42H30O6/c1-3-12-31(13-4-1)43-33-16-7-18-35(26-33)45-37-20-9-22-39(28-37)47-41-24-11-25-42(30-41)48-40-23-10-21-38(29-40)46-36-19-8-17-34(27-36)44-32-14-5-2-6-15-32/h1-30H. The molecule has 0 saturated heterocycles. The van der Waals surface area contributed by atoms with E-state index in [-0.39, 0.29) is 0 Å². The van der Waals surface area contributed by atoms with Gasteiger partial charge in [0, 0.05) is 30.3 Å². The van der Waals surface area contributed by atoms with Gasteiger partial charge in [0.05, 0.1) is 0 Å². The highest BCUT2D eigenvalue weighted by molar-refractivity contribution is 5.45. The van der Waals surface area contributed by atoms with Crippen LogP contribution in [0.4, 0.5) is 0 Å². The van der Waals surface area contributed by atoms with Crippen LogP contribution in [0.15, 0.2) is 182 Å². The van der Waals surface area contributed by atoms with Crippen LogP contribution in [0.25, 0.3) is 0 Å². The molecule has 0 radical (unpaired) electrons. The molecule has 0 N–H and O–H groups in total. The summed E-state index contributed by atoms with van der Waals surface area (Å²) in [6.45, 7) is 0. The Morgan fingerprint density at radius 3 is 0.542 bits per heavy atom. The van der Waals surface area contributed by atoms with E-state index in [9.17, 15) is 0 Å². The molecule has 48 heavy (non-hydrogen) atoms. The molecule has 7 aromatic rings. The zero-order valence-corrected chi connectivity index (χ0v) is 25.8. The first-order valence-electron chi connectivity index (χ1n) is 15.4. The summed E-state index contributed by atoms with van der Waals surface area (Å²) in [7, 11) is 0. The molecule has 7 rings (SSSR count). The van der Waals surface area contributed by atoms with Crippen LogP contribution in [0.2, 0.25) is 0 Å². The lowest BCUT2D eigenvalue weighted by Gasteiger charge is -2.12.